The Morgan fingerprint density at radius 3 is 2.80 bits per heavy atom. The van der Waals surface area contributed by atoms with Crippen LogP contribution in [0.5, 0.6) is 0 Å². The Morgan fingerprint density at radius 1 is 1.25 bits per heavy atom. The topological polar surface area (TPSA) is 41.1 Å². The van der Waals surface area contributed by atoms with Crippen molar-refractivity contribution in [2.75, 3.05) is 11.9 Å². The summed E-state index contributed by atoms with van der Waals surface area (Å²) in [5.41, 5.74) is 4.67. The fourth-order valence-electron chi connectivity index (χ4n) is 2.59. The van der Waals surface area contributed by atoms with Gasteiger partial charge in [-0.05, 0) is 57.6 Å². The Labute approximate surface area is 121 Å². The van der Waals surface area contributed by atoms with Crippen molar-refractivity contribution >= 4 is 11.7 Å². The van der Waals surface area contributed by atoms with Crippen molar-refractivity contribution in [3.8, 4) is 0 Å². The number of rotatable bonds is 4. The average Bonchev–Trinajstić information content (AvgIpc) is 2.43. The van der Waals surface area contributed by atoms with E-state index < -0.39 is 0 Å². The molecule has 0 bridgehead atoms. The first-order valence-electron chi connectivity index (χ1n) is 7.45. The Bertz CT molecular complexity index is 506. The predicted molar refractivity (Wildman–Crippen MR) is 84.1 cm³/mol. The van der Waals surface area contributed by atoms with Gasteiger partial charge < -0.3 is 10.6 Å². The van der Waals surface area contributed by atoms with Crippen LogP contribution in [0, 0.1) is 13.8 Å². The molecular formula is C17H24N2O. The highest BCUT2D eigenvalue weighted by Gasteiger charge is 2.06. The third-order valence-electron chi connectivity index (χ3n) is 3.75. The van der Waals surface area contributed by atoms with Crippen molar-refractivity contribution in [2.24, 2.45) is 0 Å². The molecule has 1 aliphatic rings. The lowest BCUT2D eigenvalue weighted by Gasteiger charge is -2.14. The van der Waals surface area contributed by atoms with Crippen LogP contribution in [0.15, 0.2) is 29.8 Å². The molecule has 3 heteroatoms. The number of allylic oxidation sites excluding steroid dienone is 1. The van der Waals surface area contributed by atoms with Crippen LogP contribution in [0.1, 0.15) is 43.2 Å². The number of benzene rings is 1. The molecule has 2 N–H and O–H groups in total. The molecule has 0 aromatic heterocycles. The summed E-state index contributed by atoms with van der Waals surface area (Å²) in [5, 5.41) is 5.84. The Kier molecular flexibility index (Phi) is 5.22. The van der Waals surface area contributed by atoms with Gasteiger partial charge in [0.1, 0.15) is 0 Å². The standard InChI is InChI=1S/C17H24N2O/c1-13-8-9-16(14(2)12-13)19-17(20)18-11-10-15-6-4-3-5-7-15/h6,8-9,12H,3-5,7,10-11H2,1-2H3,(H2,18,19,20). The van der Waals surface area contributed by atoms with Crippen LogP contribution in [-0.2, 0) is 0 Å². The minimum Gasteiger partial charge on any atom is -0.338 e. The van der Waals surface area contributed by atoms with E-state index in [2.05, 4.69) is 29.7 Å². The lowest BCUT2D eigenvalue weighted by molar-refractivity contribution is 0.252. The van der Waals surface area contributed by atoms with Gasteiger partial charge in [-0.1, -0.05) is 29.3 Å². The SMILES string of the molecule is Cc1ccc(NC(=O)NCCC2=CCCCC2)c(C)c1. The zero-order valence-corrected chi connectivity index (χ0v) is 12.5. The lowest BCUT2D eigenvalue weighted by atomic mass is 9.97. The predicted octanol–water partition coefficient (Wildman–Crippen LogP) is 4.32. The highest BCUT2D eigenvalue weighted by atomic mass is 16.2. The lowest BCUT2D eigenvalue weighted by Crippen LogP contribution is -2.30. The summed E-state index contributed by atoms with van der Waals surface area (Å²) in [6.07, 6.45) is 8.29. The monoisotopic (exact) mass is 272 g/mol. The number of urea groups is 1. The molecule has 0 unspecified atom stereocenters. The van der Waals surface area contributed by atoms with Crippen molar-refractivity contribution < 1.29 is 4.79 Å². The van der Waals surface area contributed by atoms with Gasteiger partial charge in [0.05, 0.1) is 0 Å². The van der Waals surface area contributed by atoms with E-state index in [1.807, 2.05) is 19.1 Å². The first-order chi connectivity index (χ1) is 9.65. The van der Waals surface area contributed by atoms with E-state index in [4.69, 9.17) is 0 Å². The molecule has 0 saturated heterocycles. The number of carbonyl (C=O) groups is 1. The highest BCUT2D eigenvalue weighted by Crippen LogP contribution is 2.19. The van der Waals surface area contributed by atoms with Crippen LogP contribution in [0.25, 0.3) is 0 Å². The Hall–Kier alpha value is -1.77. The molecule has 2 amide bonds. The van der Waals surface area contributed by atoms with E-state index in [9.17, 15) is 4.79 Å². The molecule has 1 aromatic carbocycles. The van der Waals surface area contributed by atoms with Crippen molar-refractivity contribution in [3.05, 3.63) is 41.0 Å². The number of nitrogens with one attached hydrogen (secondary N) is 2. The molecule has 1 aromatic rings. The second kappa shape index (κ2) is 7.13. The van der Waals surface area contributed by atoms with Gasteiger partial charge in [-0.2, -0.15) is 0 Å². The number of hydrogen-bond acceptors (Lipinski definition) is 1. The van der Waals surface area contributed by atoms with E-state index in [-0.39, 0.29) is 6.03 Å². The third-order valence-corrected chi connectivity index (χ3v) is 3.75. The van der Waals surface area contributed by atoms with E-state index in [0.29, 0.717) is 6.54 Å². The van der Waals surface area contributed by atoms with E-state index in [1.54, 1.807) is 0 Å². The van der Waals surface area contributed by atoms with Gasteiger partial charge in [0.15, 0.2) is 0 Å². The van der Waals surface area contributed by atoms with Crippen molar-refractivity contribution in [2.45, 2.75) is 46.0 Å². The molecule has 0 spiro atoms. The molecule has 0 aliphatic heterocycles. The number of amides is 2. The summed E-state index contributed by atoms with van der Waals surface area (Å²) in [6, 6.07) is 5.92. The maximum absolute atomic E-state index is 11.8. The Morgan fingerprint density at radius 2 is 2.10 bits per heavy atom. The molecule has 1 aliphatic carbocycles. The number of aryl methyl sites for hydroxylation is 2. The number of carbonyl (C=O) groups excluding carboxylic acids is 1. The van der Waals surface area contributed by atoms with Crippen LogP contribution < -0.4 is 10.6 Å². The quantitative estimate of drug-likeness (QED) is 0.788. The summed E-state index contributed by atoms with van der Waals surface area (Å²) in [5.74, 6) is 0. The van der Waals surface area contributed by atoms with Gasteiger partial charge in [-0.3, -0.25) is 0 Å². The molecule has 0 heterocycles. The molecule has 3 nitrogen and oxygen atoms in total. The number of anilines is 1. The molecule has 2 rings (SSSR count). The second-order valence-electron chi connectivity index (χ2n) is 5.56. The fraction of sp³-hybridized carbons (Fsp3) is 0.471. The first-order valence-corrected chi connectivity index (χ1v) is 7.45. The molecular weight excluding hydrogens is 248 g/mol. The first kappa shape index (κ1) is 14.6. The smallest absolute Gasteiger partial charge is 0.319 e. The zero-order chi connectivity index (χ0) is 14.4. The molecule has 20 heavy (non-hydrogen) atoms. The summed E-state index contributed by atoms with van der Waals surface area (Å²) in [7, 11) is 0. The van der Waals surface area contributed by atoms with Crippen LogP contribution in [0.2, 0.25) is 0 Å². The van der Waals surface area contributed by atoms with E-state index >= 15 is 0 Å². The fourth-order valence-corrected chi connectivity index (χ4v) is 2.59. The van der Waals surface area contributed by atoms with Crippen LogP contribution >= 0.6 is 0 Å². The minimum atomic E-state index is -0.117. The van der Waals surface area contributed by atoms with Gasteiger partial charge in [-0.15, -0.1) is 0 Å². The molecule has 0 saturated carbocycles. The van der Waals surface area contributed by atoms with Crippen molar-refractivity contribution in [1.29, 1.82) is 0 Å². The zero-order valence-electron chi connectivity index (χ0n) is 12.5. The largest absolute Gasteiger partial charge is 0.338 e. The van der Waals surface area contributed by atoms with Gasteiger partial charge >= 0.3 is 6.03 Å². The number of hydrogen-bond donors (Lipinski definition) is 2. The third kappa shape index (κ3) is 4.41. The van der Waals surface area contributed by atoms with Crippen molar-refractivity contribution in [3.63, 3.8) is 0 Å². The van der Waals surface area contributed by atoms with Gasteiger partial charge in [0.25, 0.3) is 0 Å². The van der Waals surface area contributed by atoms with Gasteiger partial charge in [-0.25, -0.2) is 4.79 Å². The molecule has 0 fully saturated rings. The van der Waals surface area contributed by atoms with Gasteiger partial charge in [0.2, 0.25) is 0 Å². The van der Waals surface area contributed by atoms with Crippen LogP contribution in [0.3, 0.4) is 0 Å². The Balaban J connectivity index is 1.76. The summed E-state index contributed by atoms with van der Waals surface area (Å²) < 4.78 is 0. The summed E-state index contributed by atoms with van der Waals surface area (Å²) >= 11 is 0. The average molecular weight is 272 g/mol. The molecule has 108 valence electrons. The normalized spacial score (nSPS) is 14.6. The van der Waals surface area contributed by atoms with Gasteiger partial charge in [0, 0.05) is 12.2 Å². The summed E-state index contributed by atoms with van der Waals surface area (Å²) in [6.45, 7) is 4.77. The van der Waals surface area contributed by atoms with Crippen LogP contribution in [0.4, 0.5) is 10.5 Å². The van der Waals surface area contributed by atoms with Crippen molar-refractivity contribution in [1.82, 2.24) is 5.32 Å². The maximum atomic E-state index is 11.8. The minimum absolute atomic E-state index is 0.117. The second-order valence-corrected chi connectivity index (χ2v) is 5.56. The summed E-state index contributed by atoms with van der Waals surface area (Å²) in [4.78, 5) is 11.8. The molecule has 0 radical (unpaired) electrons. The maximum Gasteiger partial charge on any atom is 0.319 e. The highest BCUT2D eigenvalue weighted by molar-refractivity contribution is 5.90. The van der Waals surface area contributed by atoms with Crippen LogP contribution in [-0.4, -0.2) is 12.6 Å². The molecule has 0 atom stereocenters. The van der Waals surface area contributed by atoms with E-state index in [0.717, 1.165) is 17.7 Å². The van der Waals surface area contributed by atoms with E-state index in [1.165, 1.54) is 36.8 Å².